The van der Waals surface area contributed by atoms with Crippen molar-refractivity contribution < 1.29 is 16.8 Å². The number of hydrogen-bond donors (Lipinski definition) is 2. The highest BCUT2D eigenvalue weighted by atomic mass is 32.2. The topological polar surface area (TPSA) is 117 Å². The summed E-state index contributed by atoms with van der Waals surface area (Å²) in [5, 5.41) is 8.50. The van der Waals surface area contributed by atoms with Gasteiger partial charge in [-0.25, -0.2) is 0 Å². The number of hydrazone groups is 2. The molecule has 4 aromatic carbocycles. The normalized spacial score (nSPS) is 12.6. The molecule has 0 aliphatic heterocycles. The minimum atomic E-state index is -3.87. The van der Waals surface area contributed by atoms with Gasteiger partial charge in [-0.1, -0.05) is 97.1 Å². The Bertz CT molecular complexity index is 1480. The first-order valence-electron chi connectivity index (χ1n) is 11.7. The van der Waals surface area contributed by atoms with Gasteiger partial charge in [0, 0.05) is 0 Å². The molecular weight excluding hydrogens is 520 g/mol. The second kappa shape index (κ2) is 12.3. The summed E-state index contributed by atoms with van der Waals surface area (Å²) in [5.74, 6) is 0. The van der Waals surface area contributed by atoms with Crippen LogP contribution in [0.1, 0.15) is 24.0 Å². The van der Waals surface area contributed by atoms with Gasteiger partial charge in [0.1, 0.15) is 0 Å². The zero-order chi connectivity index (χ0) is 26.8. The smallest absolute Gasteiger partial charge is 0.200 e. The van der Waals surface area contributed by atoms with Crippen molar-refractivity contribution in [3.8, 4) is 0 Å². The van der Waals surface area contributed by atoms with Crippen LogP contribution in [-0.4, -0.2) is 28.3 Å². The van der Waals surface area contributed by atoms with E-state index in [2.05, 4.69) is 19.9 Å². The number of sulfonamides is 2. The fourth-order valence-corrected chi connectivity index (χ4v) is 5.26. The minimum absolute atomic E-state index is 0.0954. The van der Waals surface area contributed by atoms with Crippen molar-refractivity contribution in [2.75, 3.05) is 0 Å². The molecule has 10 heteroatoms. The maximum absolute atomic E-state index is 12.8. The summed E-state index contributed by atoms with van der Waals surface area (Å²) in [5.41, 5.74) is 2.39. The SMILES string of the molecule is O=S(=O)(N/N=C(/CC/C(=N\NS(=O)(=O)c1ccccc1)c1ccccc1)c1ccccc1)c1ccccc1. The summed E-state index contributed by atoms with van der Waals surface area (Å²) >= 11 is 0. The van der Waals surface area contributed by atoms with E-state index in [1.165, 1.54) is 24.3 Å². The van der Waals surface area contributed by atoms with Gasteiger partial charge in [-0.15, -0.1) is 0 Å². The van der Waals surface area contributed by atoms with Crippen molar-refractivity contribution in [2.45, 2.75) is 22.6 Å². The lowest BCUT2D eigenvalue weighted by Crippen LogP contribution is -2.22. The van der Waals surface area contributed by atoms with E-state index in [1.807, 2.05) is 60.7 Å². The van der Waals surface area contributed by atoms with Crippen molar-refractivity contribution in [3.63, 3.8) is 0 Å². The molecule has 0 aliphatic rings. The lowest BCUT2D eigenvalue weighted by molar-refractivity contribution is 0.582. The van der Waals surface area contributed by atoms with E-state index >= 15 is 0 Å². The Morgan fingerprint density at radius 1 is 0.474 bits per heavy atom. The standard InChI is InChI=1S/C28H26N4O4S2/c33-37(34,25-17-9-3-10-18-25)31-29-27(23-13-5-1-6-14-23)21-22-28(24-15-7-2-8-16-24)30-32-38(35,36)26-19-11-4-12-20-26/h1-20,31-32H,21-22H2/b29-27-,30-28+. The van der Waals surface area contributed by atoms with Crippen LogP contribution in [0.4, 0.5) is 0 Å². The summed E-state index contributed by atoms with van der Waals surface area (Å²) in [6.07, 6.45) is 0.560. The fraction of sp³-hybridized carbons (Fsp3) is 0.0714. The molecule has 0 bridgehead atoms. The Balaban J connectivity index is 1.62. The molecule has 0 unspecified atom stereocenters. The van der Waals surface area contributed by atoms with E-state index in [-0.39, 0.29) is 22.6 Å². The fourth-order valence-electron chi connectivity index (χ4n) is 3.56. The van der Waals surface area contributed by atoms with Crippen molar-refractivity contribution in [1.82, 2.24) is 9.66 Å². The van der Waals surface area contributed by atoms with Gasteiger partial charge < -0.3 is 0 Å². The molecule has 0 heterocycles. The molecule has 0 amide bonds. The molecule has 194 valence electrons. The van der Waals surface area contributed by atoms with Gasteiger partial charge in [0.2, 0.25) is 0 Å². The molecule has 2 N–H and O–H groups in total. The molecule has 4 rings (SSSR count). The van der Waals surface area contributed by atoms with Crippen LogP contribution in [0.3, 0.4) is 0 Å². The third-order valence-corrected chi connectivity index (χ3v) is 7.97. The molecule has 0 atom stereocenters. The van der Waals surface area contributed by atoms with Crippen LogP contribution in [-0.2, 0) is 20.0 Å². The largest absolute Gasteiger partial charge is 0.276 e. The number of hydrogen-bond acceptors (Lipinski definition) is 6. The third-order valence-electron chi connectivity index (χ3n) is 5.52. The first-order valence-corrected chi connectivity index (χ1v) is 14.7. The van der Waals surface area contributed by atoms with E-state index in [1.54, 1.807) is 36.4 Å². The van der Waals surface area contributed by atoms with Gasteiger partial charge >= 0.3 is 0 Å². The van der Waals surface area contributed by atoms with E-state index in [4.69, 9.17) is 0 Å². The Labute approximate surface area is 222 Å². The lowest BCUT2D eigenvalue weighted by atomic mass is 10.0. The van der Waals surface area contributed by atoms with Gasteiger partial charge in [-0.3, -0.25) is 0 Å². The van der Waals surface area contributed by atoms with Crippen molar-refractivity contribution in [2.24, 2.45) is 10.2 Å². The maximum Gasteiger partial charge on any atom is 0.276 e. The first-order chi connectivity index (χ1) is 18.4. The number of benzene rings is 4. The average molecular weight is 547 g/mol. The number of nitrogens with zero attached hydrogens (tertiary/aromatic N) is 2. The molecule has 0 aliphatic carbocycles. The highest BCUT2D eigenvalue weighted by Gasteiger charge is 2.16. The number of nitrogens with one attached hydrogen (secondary N) is 2. The lowest BCUT2D eigenvalue weighted by Gasteiger charge is -2.12. The predicted octanol–water partition coefficient (Wildman–Crippen LogP) is 4.53. The van der Waals surface area contributed by atoms with Crippen molar-refractivity contribution in [1.29, 1.82) is 0 Å². The van der Waals surface area contributed by atoms with Gasteiger partial charge in [0.25, 0.3) is 20.0 Å². The Morgan fingerprint density at radius 2 is 0.763 bits per heavy atom. The summed E-state index contributed by atoms with van der Waals surface area (Å²) in [4.78, 5) is 4.84. The van der Waals surface area contributed by atoms with E-state index in [0.717, 1.165) is 11.1 Å². The Kier molecular flexibility index (Phi) is 8.67. The van der Waals surface area contributed by atoms with E-state index in [9.17, 15) is 16.8 Å². The first kappa shape index (κ1) is 26.8. The van der Waals surface area contributed by atoms with Gasteiger partial charge in [-0.2, -0.15) is 36.7 Å². The van der Waals surface area contributed by atoms with Gasteiger partial charge in [-0.05, 0) is 48.2 Å². The zero-order valence-electron chi connectivity index (χ0n) is 20.3. The maximum atomic E-state index is 12.8. The highest BCUT2D eigenvalue weighted by molar-refractivity contribution is 7.89. The van der Waals surface area contributed by atoms with Crippen LogP contribution in [0.5, 0.6) is 0 Å². The second-order valence-corrected chi connectivity index (χ2v) is 11.5. The summed E-state index contributed by atoms with van der Waals surface area (Å²) in [6.45, 7) is 0. The second-order valence-electron chi connectivity index (χ2n) is 8.16. The van der Waals surface area contributed by atoms with Gasteiger partial charge in [0.05, 0.1) is 21.2 Å². The molecule has 8 nitrogen and oxygen atoms in total. The van der Waals surface area contributed by atoms with E-state index in [0.29, 0.717) is 11.4 Å². The van der Waals surface area contributed by atoms with Crippen molar-refractivity contribution in [3.05, 3.63) is 132 Å². The molecule has 0 aromatic heterocycles. The van der Waals surface area contributed by atoms with Crippen molar-refractivity contribution >= 4 is 31.5 Å². The molecule has 4 aromatic rings. The van der Waals surface area contributed by atoms with Crippen LogP contribution >= 0.6 is 0 Å². The predicted molar refractivity (Wildman–Crippen MR) is 149 cm³/mol. The summed E-state index contributed by atoms with van der Waals surface area (Å²) in [7, 11) is -7.75. The minimum Gasteiger partial charge on any atom is -0.200 e. The molecule has 38 heavy (non-hydrogen) atoms. The quantitative estimate of drug-likeness (QED) is 0.212. The molecule has 0 saturated carbocycles. The van der Waals surface area contributed by atoms with Crippen LogP contribution in [0.15, 0.2) is 141 Å². The molecule has 0 saturated heterocycles. The van der Waals surface area contributed by atoms with Crippen LogP contribution < -0.4 is 9.66 Å². The van der Waals surface area contributed by atoms with E-state index < -0.39 is 20.0 Å². The van der Waals surface area contributed by atoms with Crippen LogP contribution in [0, 0.1) is 0 Å². The molecular formula is C28H26N4O4S2. The van der Waals surface area contributed by atoms with Gasteiger partial charge in [0.15, 0.2) is 0 Å². The Morgan fingerprint density at radius 3 is 1.08 bits per heavy atom. The summed E-state index contributed by atoms with van der Waals surface area (Å²) in [6, 6.07) is 34.3. The monoisotopic (exact) mass is 546 g/mol. The highest BCUT2D eigenvalue weighted by Crippen LogP contribution is 2.14. The summed E-state index contributed by atoms with van der Waals surface area (Å²) < 4.78 is 51.0. The molecule has 0 radical (unpaired) electrons. The Hall–Kier alpha value is -4.28. The van der Waals surface area contributed by atoms with Crippen LogP contribution in [0.2, 0.25) is 0 Å². The molecule has 0 spiro atoms. The third kappa shape index (κ3) is 7.15. The molecule has 0 fully saturated rings. The zero-order valence-corrected chi connectivity index (χ0v) is 21.9. The van der Waals surface area contributed by atoms with Crippen LogP contribution in [0.25, 0.3) is 0 Å². The number of rotatable bonds is 11. The average Bonchev–Trinajstić information content (AvgIpc) is 2.96.